The van der Waals surface area contributed by atoms with E-state index in [-0.39, 0.29) is 0 Å². The molecule has 0 saturated heterocycles. The molecule has 0 atom stereocenters. The topological polar surface area (TPSA) is 31.9 Å². The maximum atomic E-state index is 6.41. The number of benzene rings is 1. The molecule has 3 aromatic rings. The van der Waals surface area contributed by atoms with Crippen molar-refractivity contribution >= 4 is 45.2 Å². The Hall–Kier alpha value is -1.23. The number of halogens is 1. The van der Waals surface area contributed by atoms with Gasteiger partial charge in [0.15, 0.2) is 0 Å². The quantitative estimate of drug-likeness (QED) is 0.739. The first-order valence-electron chi connectivity index (χ1n) is 6.47. The SMILES string of the molecule is CN(C)CCSc1cc2[nH]c3cnccc3c2cc1Cl. The second-order valence-corrected chi connectivity index (χ2v) is 6.57. The smallest absolute Gasteiger partial charge is 0.0651 e. The van der Waals surface area contributed by atoms with Gasteiger partial charge in [0, 0.05) is 39.7 Å². The summed E-state index contributed by atoms with van der Waals surface area (Å²) in [6, 6.07) is 6.20. The monoisotopic (exact) mass is 305 g/mol. The average Bonchev–Trinajstić information content (AvgIpc) is 2.76. The molecule has 2 heterocycles. The number of nitrogens with zero attached hydrogens (tertiary/aromatic N) is 2. The van der Waals surface area contributed by atoms with Crippen LogP contribution < -0.4 is 0 Å². The Balaban J connectivity index is 1.98. The highest BCUT2D eigenvalue weighted by Crippen LogP contribution is 2.34. The predicted octanol–water partition coefficient (Wildman–Crippen LogP) is 4.02. The van der Waals surface area contributed by atoms with E-state index in [0.29, 0.717) is 0 Å². The van der Waals surface area contributed by atoms with Crippen molar-refractivity contribution in [1.29, 1.82) is 0 Å². The Kier molecular flexibility index (Phi) is 3.87. The summed E-state index contributed by atoms with van der Waals surface area (Å²) in [5.74, 6) is 1.03. The van der Waals surface area contributed by atoms with E-state index in [0.717, 1.165) is 38.6 Å². The van der Waals surface area contributed by atoms with Gasteiger partial charge in [0.05, 0.1) is 16.7 Å². The highest BCUT2D eigenvalue weighted by Gasteiger charge is 2.09. The third kappa shape index (κ3) is 2.64. The number of thioether (sulfide) groups is 1. The van der Waals surface area contributed by atoms with Gasteiger partial charge >= 0.3 is 0 Å². The van der Waals surface area contributed by atoms with Crippen LogP contribution in [0.5, 0.6) is 0 Å². The zero-order chi connectivity index (χ0) is 14.1. The maximum absolute atomic E-state index is 6.41. The lowest BCUT2D eigenvalue weighted by Gasteiger charge is -2.09. The Bertz CT molecular complexity index is 751. The number of H-pyrrole nitrogens is 1. The molecule has 0 saturated carbocycles. The number of hydrogen-bond acceptors (Lipinski definition) is 3. The summed E-state index contributed by atoms with van der Waals surface area (Å²) >= 11 is 8.20. The van der Waals surface area contributed by atoms with Crippen LogP contribution in [0, 0.1) is 0 Å². The van der Waals surface area contributed by atoms with E-state index >= 15 is 0 Å². The summed E-state index contributed by atoms with van der Waals surface area (Å²) in [5.41, 5.74) is 2.17. The minimum absolute atomic E-state index is 0.818. The second-order valence-electron chi connectivity index (χ2n) is 5.03. The number of nitrogens with one attached hydrogen (secondary N) is 1. The highest BCUT2D eigenvalue weighted by molar-refractivity contribution is 7.99. The van der Waals surface area contributed by atoms with Gasteiger partial charge in [0.25, 0.3) is 0 Å². The number of pyridine rings is 1. The molecule has 5 heteroatoms. The fraction of sp³-hybridized carbons (Fsp3) is 0.267. The van der Waals surface area contributed by atoms with E-state index in [4.69, 9.17) is 11.6 Å². The van der Waals surface area contributed by atoms with Crippen LogP contribution in [0.2, 0.25) is 5.02 Å². The number of fused-ring (bicyclic) bond motifs is 3. The molecule has 0 radical (unpaired) electrons. The normalized spacial score (nSPS) is 11.8. The minimum Gasteiger partial charge on any atom is -0.353 e. The van der Waals surface area contributed by atoms with Gasteiger partial charge < -0.3 is 9.88 Å². The molecule has 3 rings (SSSR count). The van der Waals surface area contributed by atoms with Gasteiger partial charge in [-0.2, -0.15) is 0 Å². The lowest BCUT2D eigenvalue weighted by Crippen LogP contribution is -2.14. The number of rotatable bonds is 4. The standard InChI is InChI=1S/C15H16ClN3S/c1-19(2)5-6-20-15-8-13-11(7-12(15)16)10-3-4-17-9-14(10)18-13/h3-4,7-9,18H,5-6H2,1-2H3. The molecular weight excluding hydrogens is 290 g/mol. The Morgan fingerprint density at radius 1 is 1.25 bits per heavy atom. The summed E-state index contributed by atoms with van der Waals surface area (Å²) in [5, 5.41) is 3.14. The molecule has 0 fully saturated rings. The van der Waals surface area contributed by atoms with Crippen LogP contribution in [-0.4, -0.2) is 41.3 Å². The summed E-state index contributed by atoms with van der Waals surface area (Å²) in [6.07, 6.45) is 3.66. The molecule has 0 spiro atoms. The fourth-order valence-electron chi connectivity index (χ4n) is 2.20. The van der Waals surface area contributed by atoms with E-state index in [1.165, 1.54) is 5.39 Å². The maximum Gasteiger partial charge on any atom is 0.0651 e. The van der Waals surface area contributed by atoms with Gasteiger partial charge in [-0.1, -0.05) is 11.6 Å². The van der Waals surface area contributed by atoms with Crippen molar-refractivity contribution in [3.05, 3.63) is 35.6 Å². The van der Waals surface area contributed by atoms with E-state index in [1.807, 2.05) is 24.5 Å². The second kappa shape index (κ2) is 5.64. The molecule has 3 nitrogen and oxygen atoms in total. The molecule has 1 N–H and O–H groups in total. The van der Waals surface area contributed by atoms with Gasteiger partial charge in [-0.25, -0.2) is 0 Å². The van der Waals surface area contributed by atoms with Gasteiger partial charge in [0.1, 0.15) is 0 Å². The van der Waals surface area contributed by atoms with Crippen molar-refractivity contribution < 1.29 is 0 Å². The van der Waals surface area contributed by atoms with Crippen LogP contribution in [0.25, 0.3) is 21.8 Å². The summed E-state index contributed by atoms with van der Waals surface area (Å²) in [7, 11) is 4.16. The zero-order valence-corrected chi connectivity index (χ0v) is 13.1. The minimum atomic E-state index is 0.818. The lowest BCUT2D eigenvalue weighted by molar-refractivity contribution is 0.437. The summed E-state index contributed by atoms with van der Waals surface area (Å²) in [6.45, 7) is 1.04. The number of aromatic nitrogens is 2. The lowest BCUT2D eigenvalue weighted by atomic mass is 10.2. The van der Waals surface area contributed by atoms with Crippen LogP contribution in [0.1, 0.15) is 0 Å². The van der Waals surface area contributed by atoms with Crippen molar-refractivity contribution in [3.63, 3.8) is 0 Å². The van der Waals surface area contributed by atoms with Crippen LogP contribution in [0.4, 0.5) is 0 Å². The molecular formula is C15H16ClN3S. The highest BCUT2D eigenvalue weighted by atomic mass is 35.5. The summed E-state index contributed by atoms with van der Waals surface area (Å²) < 4.78 is 0. The van der Waals surface area contributed by atoms with Gasteiger partial charge in [-0.15, -0.1) is 11.8 Å². The van der Waals surface area contributed by atoms with Crippen LogP contribution in [-0.2, 0) is 0 Å². The van der Waals surface area contributed by atoms with Crippen LogP contribution in [0.15, 0.2) is 35.5 Å². The Morgan fingerprint density at radius 3 is 2.90 bits per heavy atom. The molecule has 1 aromatic carbocycles. The fourth-order valence-corrected chi connectivity index (χ4v) is 3.60. The first kappa shape index (κ1) is 13.7. The molecule has 20 heavy (non-hydrogen) atoms. The average molecular weight is 306 g/mol. The third-order valence-corrected chi connectivity index (χ3v) is 4.71. The van der Waals surface area contributed by atoms with Crippen molar-refractivity contribution in [2.45, 2.75) is 4.90 Å². The van der Waals surface area contributed by atoms with Gasteiger partial charge in [0.2, 0.25) is 0 Å². The molecule has 0 aliphatic heterocycles. The number of hydrogen-bond donors (Lipinski definition) is 1. The molecule has 0 amide bonds. The Labute approximate surface area is 127 Å². The van der Waals surface area contributed by atoms with Crippen molar-refractivity contribution in [2.24, 2.45) is 0 Å². The van der Waals surface area contributed by atoms with E-state index in [1.54, 1.807) is 11.8 Å². The molecule has 0 bridgehead atoms. The van der Waals surface area contributed by atoms with E-state index in [2.05, 4.69) is 35.0 Å². The van der Waals surface area contributed by atoms with Crippen molar-refractivity contribution in [3.8, 4) is 0 Å². The van der Waals surface area contributed by atoms with Crippen LogP contribution >= 0.6 is 23.4 Å². The van der Waals surface area contributed by atoms with Crippen molar-refractivity contribution in [2.75, 3.05) is 26.4 Å². The van der Waals surface area contributed by atoms with E-state index < -0.39 is 0 Å². The molecule has 0 aliphatic carbocycles. The Morgan fingerprint density at radius 2 is 2.10 bits per heavy atom. The molecule has 2 aromatic heterocycles. The molecule has 104 valence electrons. The number of aromatic amines is 1. The first-order valence-corrected chi connectivity index (χ1v) is 7.84. The first-order chi connectivity index (χ1) is 9.65. The van der Waals surface area contributed by atoms with Crippen molar-refractivity contribution in [1.82, 2.24) is 14.9 Å². The molecule has 0 unspecified atom stereocenters. The third-order valence-electron chi connectivity index (χ3n) is 3.25. The predicted molar refractivity (Wildman–Crippen MR) is 87.9 cm³/mol. The zero-order valence-electron chi connectivity index (χ0n) is 11.5. The van der Waals surface area contributed by atoms with Gasteiger partial charge in [-0.05, 0) is 32.3 Å². The van der Waals surface area contributed by atoms with E-state index in [9.17, 15) is 0 Å². The molecule has 0 aliphatic rings. The largest absolute Gasteiger partial charge is 0.353 e. The van der Waals surface area contributed by atoms with Crippen LogP contribution in [0.3, 0.4) is 0 Å². The van der Waals surface area contributed by atoms with Gasteiger partial charge in [-0.3, -0.25) is 4.98 Å². The summed E-state index contributed by atoms with van der Waals surface area (Å²) in [4.78, 5) is 10.8.